The minimum absolute atomic E-state index is 0.212. The van der Waals surface area contributed by atoms with Crippen molar-refractivity contribution in [3.05, 3.63) is 18.2 Å². The maximum absolute atomic E-state index is 6.00. The molecule has 2 saturated heterocycles. The van der Waals surface area contributed by atoms with Crippen molar-refractivity contribution in [2.45, 2.75) is 38.8 Å². The van der Waals surface area contributed by atoms with Gasteiger partial charge in [-0.2, -0.15) is 0 Å². The molecule has 1 atom stereocenters. The topological polar surface area (TPSA) is 117 Å². The first-order valence-electron chi connectivity index (χ1n) is 10.8. The Morgan fingerprint density at radius 2 is 1.87 bits per heavy atom. The molecular formula is C21H26N8O2. The van der Waals surface area contributed by atoms with Crippen LogP contribution < -0.4 is 10.6 Å². The number of anilines is 2. The number of hydrogen-bond donors (Lipinski definition) is 1. The smallest absolute Gasteiger partial charge is 0.219 e. The molecule has 10 heteroatoms. The Labute approximate surface area is 179 Å². The fraction of sp³-hybridized carbons (Fsp3) is 0.571. The second-order valence-electron chi connectivity index (χ2n) is 9.29. The van der Waals surface area contributed by atoms with Crippen molar-refractivity contribution in [2.75, 3.05) is 43.5 Å². The summed E-state index contributed by atoms with van der Waals surface area (Å²) >= 11 is 0. The monoisotopic (exact) mass is 422 g/mol. The standard InChI is InChI=1S/C21H26N8O2/c1-20(2)18-25-14-16(28-5-3-21(11-28)4-7-30-12-21)26-15(13-9-23-19(22)24-10-13)27-17(14)29(18)6-8-31-20/h9-10H,3-8,11-12H2,1-2H3,(H2,22,23,24)/t21-/m0/s1. The molecule has 0 unspecified atom stereocenters. The molecule has 3 aromatic heterocycles. The minimum Gasteiger partial charge on any atom is -0.381 e. The molecule has 10 nitrogen and oxygen atoms in total. The van der Waals surface area contributed by atoms with E-state index in [1.54, 1.807) is 12.4 Å². The Morgan fingerprint density at radius 3 is 2.65 bits per heavy atom. The third-order valence-corrected chi connectivity index (χ3v) is 6.75. The number of aromatic nitrogens is 6. The Bertz CT molecular complexity index is 1150. The lowest BCUT2D eigenvalue weighted by molar-refractivity contribution is -0.0530. The predicted molar refractivity (Wildman–Crippen MR) is 114 cm³/mol. The van der Waals surface area contributed by atoms with Crippen LogP contribution in [0.4, 0.5) is 11.8 Å². The molecule has 2 fully saturated rings. The van der Waals surface area contributed by atoms with Crippen molar-refractivity contribution >= 4 is 22.9 Å². The van der Waals surface area contributed by atoms with Crippen LogP contribution in [-0.4, -0.2) is 62.4 Å². The first-order chi connectivity index (χ1) is 14.9. The van der Waals surface area contributed by atoms with Gasteiger partial charge in [0.05, 0.1) is 18.8 Å². The third kappa shape index (κ3) is 2.96. The maximum Gasteiger partial charge on any atom is 0.219 e. The van der Waals surface area contributed by atoms with Crippen LogP contribution in [0.2, 0.25) is 0 Å². The normalized spacial score (nSPS) is 24.9. The number of imidazole rings is 1. The first kappa shape index (κ1) is 18.9. The highest BCUT2D eigenvalue weighted by atomic mass is 16.5. The number of fused-ring (bicyclic) bond motifs is 3. The van der Waals surface area contributed by atoms with Gasteiger partial charge in [-0.1, -0.05) is 0 Å². The number of nitrogen functional groups attached to an aromatic ring is 1. The molecule has 0 aromatic carbocycles. The van der Waals surface area contributed by atoms with Crippen LogP contribution >= 0.6 is 0 Å². The van der Waals surface area contributed by atoms with E-state index in [0.29, 0.717) is 19.0 Å². The van der Waals surface area contributed by atoms with Crippen LogP contribution in [0.3, 0.4) is 0 Å². The van der Waals surface area contributed by atoms with Crippen LogP contribution in [0.5, 0.6) is 0 Å². The van der Waals surface area contributed by atoms with E-state index in [-0.39, 0.29) is 11.4 Å². The molecule has 3 aromatic rings. The molecule has 0 saturated carbocycles. The summed E-state index contributed by atoms with van der Waals surface area (Å²) in [6.07, 6.45) is 5.53. The van der Waals surface area contributed by atoms with Gasteiger partial charge in [-0.15, -0.1) is 0 Å². The Balaban J connectivity index is 1.54. The largest absolute Gasteiger partial charge is 0.381 e. The molecule has 6 heterocycles. The van der Waals surface area contributed by atoms with Crippen molar-refractivity contribution in [3.63, 3.8) is 0 Å². The van der Waals surface area contributed by atoms with Crippen molar-refractivity contribution in [1.29, 1.82) is 0 Å². The predicted octanol–water partition coefficient (Wildman–Crippen LogP) is 1.75. The highest BCUT2D eigenvalue weighted by Gasteiger charge is 2.43. The molecule has 0 amide bonds. The lowest BCUT2D eigenvalue weighted by Crippen LogP contribution is -2.33. The van der Waals surface area contributed by atoms with E-state index in [1.165, 1.54) is 0 Å². The SMILES string of the molecule is CC1(C)OCCn2c1nc1c(N3CC[C@]4(CCOC4)C3)nc(-c3cnc(N)nc3)nc12. The number of nitrogens with two attached hydrogens (primary N) is 1. The summed E-state index contributed by atoms with van der Waals surface area (Å²) in [6, 6.07) is 0. The molecule has 1 spiro atoms. The lowest BCUT2D eigenvalue weighted by atomic mass is 9.87. The van der Waals surface area contributed by atoms with Gasteiger partial charge in [0.15, 0.2) is 22.8 Å². The van der Waals surface area contributed by atoms with Gasteiger partial charge in [0.2, 0.25) is 5.95 Å². The zero-order chi connectivity index (χ0) is 21.2. The van der Waals surface area contributed by atoms with E-state index in [9.17, 15) is 0 Å². The third-order valence-electron chi connectivity index (χ3n) is 6.75. The zero-order valence-corrected chi connectivity index (χ0v) is 17.8. The molecule has 162 valence electrons. The quantitative estimate of drug-likeness (QED) is 0.659. The zero-order valence-electron chi connectivity index (χ0n) is 17.8. The number of rotatable bonds is 2. The summed E-state index contributed by atoms with van der Waals surface area (Å²) < 4.78 is 13.9. The van der Waals surface area contributed by atoms with Gasteiger partial charge in [0.25, 0.3) is 0 Å². The van der Waals surface area contributed by atoms with E-state index >= 15 is 0 Å². The van der Waals surface area contributed by atoms with E-state index < -0.39 is 5.60 Å². The molecule has 6 rings (SSSR count). The molecule has 0 radical (unpaired) electrons. The van der Waals surface area contributed by atoms with Crippen LogP contribution in [0.25, 0.3) is 22.6 Å². The summed E-state index contributed by atoms with van der Waals surface area (Å²) in [7, 11) is 0. The van der Waals surface area contributed by atoms with Crippen LogP contribution in [0.15, 0.2) is 12.4 Å². The summed E-state index contributed by atoms with van der Waals surface area (Å²) in [6.45, 7) is 8.92. The van der Waals surface area contributed by atoms with E-state index in [2.05, 4.69) is 19.4 Å². The van der Waals surface area contributed by atoms with Gasteiger partial charge in [-0.05, 0) is 26.7 Å². The summed E-state index contributed by atoms with van der Waals surface area (Å²) in [5, 5.41) is 0. The second-order valence-corrected chi connectivity index (χ2v) is 9.29. The Morgan fingerprint density at radius 1 is 1.03 bits per heavy atom. The fourth-order valence-electron chi connectivity index (χ4n) is 5.00. The maximum atomic E-state index is 6.00. The molecule has 31 heavy (non-hydrogen) atoms. The van der Waals surface area contributed by atoms with Gasteiger partial charge in [-0.25, -0.2) is 24.9 Å². The minimum atomic E-state index is -0.480. The van der Waals surface area contributed by atoms with Gasteiger partial charge in [0.1, 0.15) is 11.4 Å². The van der Waals surface area contributed by atoms with Crippen molar-refractivity contribution in [3.8, 4) is 11.4 Å². The lowest BCUT2D eigenvalue weighted by Gasteiger charge is -2.30. The molecular weight excluding hydrogens is 396 g/mol. The average Bonchev–Trinajstić information content (AvgIpc) is 3.48. The number of ether oxygens (including phenoxy) is 2. The van der Waals surface area contributed by atoms with Crippen LogP contribution in [0.1, 0.15) is 32.5 Å². The second kappa shape index (κ2) is 6.57. The van der Waals surface area contributed by atoms with Crippen LogP contribution in [0, 0.1) is 5.41 Å². The number of hydrogen-bond acceptors (Lipinski definition) is 9. The van der Waals surface area contributed by atoms with Gasteiger partial charge in [-0.3, -0.25) is 0 Å². The van der Waals surface area contributed by atoms with Gasteiger partial charge >= 0.3 is 0 Å². The first-order valence-corrected chi connectivity index (χ1v) is 10.8. The van der Waals surface area contributed by atoms with E-state index in [4.69, 9.17) is 30.2 Å². The molecule has 0 bridgehead atoms. The van der Waals surface area contributed by atoms with Crippen molar-refractivity contribution in [2.24, 2.45) is 5.41 Å². The van der Waals surface area contributed by atoms with Crippen LogP contribution in [-0.2, 0) is 21.6 Å². The van der Waals surface area contributed by atoms with E-state index in [0.717, 1.165) is 67.5 Å². The van der Waals surface area contributed by atoms with Gasteiger partial charge in [0, 0.05) is 44.0 Å². The molecule has 3 aliphatic rings. The van der Waals surface area contributed by atoms with Gasteiger partial charge < -0.3 is 24.7 Å². The Kier molecular flexibility index (Phi) is 4.00. The molecule has 0 aliphatic carbocycles. The highest BCUT2D eigenvalue weighted by Crippen LogP contribution is 2.42. The van der Waals surface area contributed by atoms with Crippen molar-refractivity contribution in [1.82, 2.24) is 29.5 Å². The van der Waals surface area contributed by atoms with E-state index in [1.807, 2.05) is 13.8 Å². The Hall–Kier alpha value is -2.85. The van der Waals surface area contributed by atoms with Crippen molar-refractivity contribution < 1.29 is 9.47 Å². The summed E-state index contributed by atoms with van der Waals surface area (Å²) in [5.41, 5.74) is 7.80. The molecule has 2 N–H and O–H groups in total. The summed E-state index contributed by atoms with van der Waals surface area (Å²) in [5.74, 6) is 2.55. The average molecular weight is 422 g/mol. The number of nitrogens with zero attached hydrogens (tertiary/aromatic N) is 7. The summed E-state index contributed by atoms with van der Waals surface area (Å²) in [4.78, 5) is 25.5. The fourth-order valence-corrected chi connectivity index (χ4v) is 5.00. The molecule has 3 aliphatic heterocycles. The highest BCUT2D eigenvalue weighted by molar-refractivity contribution is 5.86.